The first-order valence-corrected chi connectivity index (χ1v) is 6.72. The summed E-state index contributed by atoms with van der Waals surface area (Å²) >= 11 is 0. The molecule has 1 saturated carbocycles. The van der Waals surface area contributed by atoms with E-state index in [-0.39, 0.29) is 0 Å². The van der Waals surface area contributed by atoms with Gasteiger partial charge in [-0.2, -0.15) is 0 Å². The van der Waals surface area contributed by atoms with Crippen LogP contribution in [0.15, 0.2) is 49.1 Å². The molecule has 0 aliphatic heterocycles. The van der Waals surface area contributed by atoms with Gasteiger partial charge >= 0.3 is 0 Å². The summed E-state index contributed by atoms with van der Waals surface area (Å²) in [7, 11) is 0. The molecule has 0 amide bonds. The van der Waals surface area contributed by atoms with Crippen LogP contribution in [0.5, 0.6) is 0 Å². The van der Waals surface area contributed by atoms with Crippen molar-refractivity contribution in [1.82, 2.24) is 0 Å². The lowest BCUT2D eigenvalue weighted by molar-refractivity contribution is 0.313. The maximum Gasteiger partial charge on any atom is -0.0230 e. The van der Waals surface area contributed by atoms with Gasteiger partial charge in [-0.15, -0.1) is 6.58 Å². The fourth-order valence-electron chi connectivity index (χ4n) is 2.66. The van der Waals surface area contributed by atoms with Crippen LogP contribution >= 0.6 is 0 Å². The van der Waals surface area contributed by atoms with Crippen LogP contribution in [0.1, 0.15) is 37.7 Å². The van der Waals surface area contributed by atoms with Gasteiger partial charge in [-0.3, -0.25) is 0 Å². The molecule has 17 heavy (non-hydrogen) atoms. The topological polar surface area (TPSA) is 0 Å². The molecule has 0 bridgehead atoms. The normalized spacial score (nSPS) is 24.9. The molecule has 0 radical (unpaired) electrons. The first-order chi connectivity index (χ1) is 8.38. The van der Waals surface area contributed by atoms with Gasteiger partial charge in [0.1, 0.15) is 0 Å². The highest BCUT2D eigenvalue weighted by atomic mass is 14.2. The summed E-state index contributed by atoms with van der Waals surface area (Å²) in [6.07, 6.45) is 13.4. The molecule has 0 heterocycles. The van der Waals surface area contributed by atoms with Crippen molar-refractivity contribution in [3.63, 3.8) is 0 Å². The summed E-state index contributed by atoms with van der Waals surface area (Å²) < 4.78 is 0. The van der Waals surface area contributed by atoms with Crippen LogP contribution in [0.4, 0.5) is 0 Å². The number of rotatable bonds is 4. The number of allylic oxidation sites excluding steroid dienone is 2. The predicted molar refractivity (Wildman–Crippen MR) is 75.7 cm³/mol. The third-order valence-corrected chi connectivity index (χ3v) is 3.75. The molecule has 1 fully saturated rings. The zero-order valence-electron chi connectivity index (χ0n) is 10.5. The second kappa shape index (κ2) is 6.44. The average molecular weight is 226 g/mol. The Morgan fingerprint density at radius 3 is 2.41 bits per heavy atom. The van der Waals surface area contributed by atoms with E-state index >= 15 is 0 Å². The van der Waals surface area contributed by atoms with E-state index in [0.29, 0.717) is 0 Å². The van der Waals surface area contributed by atoms with E-state index < -0.39 is 0 Å². The van der Waals surface area contributed by atoms with Gasteiger partial charge in [-0.05, 0) is 49.5 Å². The summed E-state index contributed by atoms with van der Waals surface area (Å²) in [6.45, 7) is 3.84. The smallest absolute Gasteiger partial charge is 0.0230 e. The molecular weight excluding hydrogens is 204 g/mol. The van der Waals surface area contributed by atoms with E-state index in [2.05, 4.69) is 55.1 Å². The highest BCUT2D eigenvalue weighted by Gasteiger charge is 2.17. The third kappa shape index (κ3) is 3.89. The van der Waals surface area contributed by atoms with Crippen molar-refractivity contribution in [2.45, 2.75) is 32.1 Å². The highest BCUT2D eigenvalue weighted by molar-refractivity contribution is 5.48. The number of hydrogen-bond donors (Lipinski definition) is 0. The molecule has 1 aromatic rings. The largest absolute Gasteiger partial charge is 0.103 e. The third-order valence-electron chi connectivity index (χ3n) is 3.75. The van der Waals surface area contributed by atoms with Gasteiger partial charge in [0.15, 0.2) is 0 Å². The van der Waals surface area contributed by atoms with Crippen molar-refractivity contribution in [3.05, 3.63) is 54.6 Å². The van der Waals surface area contributed by atoms with Crippen LogP contribution in [0.2, 0.25) is 0 Å². The van der Waals surface area contributed by atoms with Crippen LogP contribution in [0, 0.1) is 11.8 Å². The SMILES string of the molecule is C=CCC1CCC(C=Cc2ccccc2)CC1. The van der Waals surface area contributed by atoms with Crippen LogP contribution < -0.4 is 0 Å². The average Bonchev–Trinajstić information content (AvgIpc) is 2.40. The van der Waals surface area contributed by atoms with Gasteiger partial charge in [0.2, 0.25) is 0 Å². The van der Waals surface area contributed by atoms with Crippen molar-refractivity contribution >= 4 is 6.08 Å². The fraction of sp³-hybridized carbons (Fsp3) is 0.412. The van der Waals surface area contributed by atoms with Gasteiger partial charge < -0.3 is 0 Å². The lowest BCUT2D eigenvalue weighted by Gasteiger charge is -2.25. The first kappa shape index (κ1) is 12.2. The van der Waals surface area contributed by atoms with Crippen molar-refractivity contribution in [2.75, 3.05) is 0 Å². The molecule has 1 aliphatic carbocycles. The van der Waals surface area contributed by atoms with E-state index in [0.717, 1.165) is 11.8 Å². The molecule has 90 valence electrons. The summed E-state index contributed by atoms with van der Waals surface area (Å²) in [5, 5.41) is 0. The Labute approximate surface area is 105 Å². The summed E-state index contributed by atoms with van der Waals surface area (Å²) in [5.74, 6) is 1.69. The second-order valence-electron chi connectivity index (χ2n) is 5.07. The van der Waals surface area contributed by atoms with E-state index in [1.54, 1.807) is 0 Å². The number of benzene rings is 1. The molecule has 0 spiro atoms. The Kier molecular flexibility index (Phi) is 4.61. The molecule has 0 aromatic heterocycles. The van der Waals surface area contributed by atoms with Gasteiger partial charge in [0.25, 0.3) is 0 Å². The van der Waals surface area contributed by atoms with Gasteiger partial charge in [-0.1, -0.05) is 48.6 Å². The van der Waals surface area contributed by atoms with Crippen molar-refractivity contribution < 1.29 is 0 Å². The van der Waals surface area contributed by atoms with Gasteiger partial charge in [0, 0.05) is 0 Å². The first-order valence-electron chi connectivity index (χ1n) is 6.72. The van der Waals surface area contributed by atoms with Gasteiger partial charge in [-0.25, -0.2) is 0 Å². The second-order valence-corrected chi connectivity index (χ2v) is 5.07. The van der Waals surface area contributed by atoms with Crippen LogP contribution in [-0.2, 0) is 0 Å². The maximum atomic E-state index is 3.84. The Balaban J connectivity index is 1.82. The minimum Gasteiger partial charge on any atom is -0.103 e. The van der Waals surface area contributed by atoms with Crippen LogP contribution in [-0.4, -0.2) is 0 Å². The Hall–Kier alpha value is -1.30. The molecule has 1 aliphatic rings. The summed E-state index contributed by atoms with van der Waals surface area (Å²) in [5.41, 5.74) is 1.32. The maximum absolute atomic E-state index is 3.84. The molecular formula is C17H22. The zero-order valence-corrected chi connectivity index (χ0v) is 10.5. The molecule has 0 N–H and O–H groups in total. The van der Waals surface area contributed by atoms with Crippen molar-refractivity contribution in [1.29, 1.82) is 0 Å². The Morgan fingerprint density at radius 1 is 1.06 bits per heavy atom. The molecule has 1 aromatic carbocycles. The van der Waals surface area contributed by atoms with E-state index in [9.17, 15) is 0 Å². The van der Waals surface area contributed by atoms with Crippen molar-refractivity contribution in [2.24, 2.45) is 11.8 Å². The Morgan fingerprint density at radius 2 is 1.76 bits per heavy atom. The zero-order chi connectivity index (χ0) is 11.9. The monoisotopic (exact) mass is 226 g/mol. The predicted octanol–water partition coefficient (Wildman–Crippen LogP) is 5.08. The lowest BCUT2D eigenvalue weighted by atomic mass is 9.80. The molecule has 2 rings (SSSR count). The summed E-state index contributed by atoms with van der Waals surface area (Å²) in [4.78, 5) is 0. The highest BCUT2D eigenvalue weighted by Crippen LogP contribution is 2.31. The molecule has 0 unspecified atom stereocenters. The summed E-state index contributed by atoms with van der Waals surface area (Å²) in [6, 6.07) is 10.6. The fourth-order valence-corrected chi connectivity index (χ4v) is 2.66. The van der Waals surface area contributed by atoms with Crippen LogP contribution in [0.25, 0.3) is 6.08 Å². The van der Waals surface area contributed by atoms with E-state index in [1.807, 2.05) is 0 Å². The lowest BCUT2D eigenvalue weighted by Crippen LogP contribution is -2.12. The molecule has 0 nitrogen and oxygen atoms in total. The van der Waals surface area contributed by atoms with E-state index in [1.165, 1.54) is 37.7 Å². The molecule has 0 heteroatoms. The van der Waals surface area contributed by atoms with Crippen molar-refractivity contribution in [3.8, 4) is 0 Å². The Bertz CT molecular complexity index is 353. The minimum absolute atomic E-state index is 0.788. The molecule has 0 saturated heterocycles. The molecule has 0 atom stereocenters. The minimum atomic E-state index is 0.788. The number of hydrogen-bond acceptors (Lipinski definition) is 0. The quantitative estimate of drug-likeness (QED) is 0.628. The van der Waals surface area contributed by atoms with E-state index in [4.69, 9.17) is 0 Å². The standard InChI is InChI=1S/C17H22/c1-2-6-15-9-12-17(13-10-15)14-11-16-7-4-3-5-8-16/h2-5,7-8,11,14-15,17H,1,6,9-10,12-13H2. The van der Waals surface area contributed by atoms with Crippen LogP contribution in [0.3, 0.4) is 0 Å². The van der Waals surface area contributed by atoms with Gasteiger partial charge in [0.05, 0.1) is 0 Å².